The Labute approximate surface area is 112 Å². The third-order valence-electron chi connectivity index (χ3n) is 3.31. The number of piperidine rings is 1. The maximum absolute atomic E-state index is 6.19. The van der Waals surface area contributed by atoms with Crippen molar-refractivity contribution in [3.63, 3.8) is 0 Å². The van der Waals surface area contributed by atoms with Crippen LogP contribution in [0.5, 0.6) is 0 Å². The molecule has 1 aromatic heterocycles. The van der Waals surface area contributed by atoms with Crippen LogP contribution in [0.4, 0.5) is 5.82 Å². The number of nitrogens with two attached hydrogens (primary N) is 1. The molecule has 0 spiro atoms. The van der Waals surface area contributed by atoms with E-state index in [9.17, 15) is 0 Å². The lowest BCUT2D eigenvalue weighted by Crippen LogP contribution is -2.46. The van der Waals surface area contributed by atoms with Crippen molar-refractivity contribution in [2.24, 2.45) is 11.7 Å². The highest BCUT2D eigenvalue weighted by Gasteiger charge is 2.27. The van der Waals surface area contributed by atoms with Gasteiger partial charge >= 0.3 is 0 Å². The Morgan fingerprint density at radius 1 is 1.53 bits per heavy atom. The van der Waals surface area contributed by atoms with Crippen molar-refractivity contribution in [2.45, 2.75) is 25.8 Å². The van der Waals surface area contributed by atoms with Crippen LogP contribution in [0.3, 0.4) is 0 Å². The van der Waals surface area contributed by atoms with Gasteiger partial charge in [-0.25, -0.2) is 4.98 Å². The van der Waals surface area contributed by atoms with Gasteiger partial charge in [-0.1, -0.05) is 30.1 Å². The maximum atomic E-state index is 6.19. The van der Waals surface area contributed by atoms with Crippen LogP contribution in [0.25, 0.3) is 0 Å². The van der Waals surface area contributed by atoms with Gasteiger partial charge in [0.25, 0.3) is 0 Å². The fourth-order valence-electron chi connectivity index (χ4n) is 2.37. The number of rotatable bonds is 2. The van der Waals surface area contributed by atoms with E-state index in [0.717, 1.165) is 25.2 Å². The fraction of sp³-hybridized carbons (Fsp3) is 0.583. The predicted molar refractivity (Wildman–Crippen MR) is 72.8 cm³/mol. The first-order valence-corrected chi connectivity index (χ1v) is 6.65. The number of hydrogen-bond acceptors (Lipinski definition) is 3. The Morgan fingerprint density at radius 2 is 2.29 bits per heavy atom. The van der Waals surface area contributed by atoms with Crippen molar-refractivity contribution in [3.8, 4) is 0 Å². The van der Waals surface area contributed by atoms with Crippen LogP contribution < -0.4 is 10.6 Å². The van der Waals surface area contributed by atoms with Crippen LogP contribution in [0.15, 0.2) is 12.3 Å². The minimum atomic E-state index is 0.324. The summed E-state index contributed by atoms with van der Waals surface area (Å²) >= 11 is 12.1. The highest BCUT2D eigenvalue weighted by molar-refractivity contribution is 6.36. The molecule has 17 heavy (non-hydrogen) atoms. The molecule has 2 atom stereocenters. The Balaban J connectivity index is 2.25. The smallest absolute Gasteiger partial charge is 0.147 e. The average Bonchev–Trinajstić information content (AvgIpc) is 2.30. The molecule has 2 heterocycles. The van der Waals surface area contributed by atoms with Crippen LogP contribution in [-0.4, -0.2) is 24.1 Å². The highest BCUT2D eigenvalue weighted by Crippen LogP contribution is 2.32. The second kappa shape index (κ2) is 5.42. The van der Waals surface area contributed by atoms with Crippen LogP contribution >= 0.6 is 23.2 Å². The summed E-state index contributed by atoms with van der Waals surface area (Å²) in [6, 6.07) is 2.06. The molecule has 2 unspecified atom stereocenters. The summed E-state index contributed by atoms with van der Waals surface area (Å²) in [5, 5.41) is 1.17. The van der Waals surface area contributed by atoms with E-state index >= 15 is 0 Å². The molecule has 5 heteroatoms. The molecular weight excluding hydrogens is 257 g/mol. The SMILES string of the molecule is CC1CCN(c2ncc(Cl)cc2Cl)C(CN)C1. The van der Waals surface area contributed by atoms with E-state index in [0.29, 0.717) is 28.5 Å². The molecule has 0 amide bonds. The summed E-state index contributed by atoms with van der Waals surface area (Å²) in [5.41, 5.74) is 5.83. The van der Waals surface area contributed by atoms with Crippen molar-refractivity contribution in [2.75, 3.05) is 18.0 Å². The molecule has 1 saturated heterocycles. The van der Waals surface area contributed by atoms with E-state index in [-0.39, 0.29) is 0 Å². The summed E-state index contributed by atoms with van der Waals surface area (Å²) in [6.07, 6.45) is 3.88. The summed E-state index contributed by atoms with van der Waals surface area (Å²) in [6.45, 7) is 3.85. The van der Waals surface area contributed by atoms with Gasteiger partial charge in [-0.2, -0.15) is 0 Å². The zero-order chi connectivity index (χ0) is 12.4. The van der Waals surface area contributed by atoms with E-state index in [1.807, 2.05) is 0 Å². The van der Waals surface area contributed by atoms with Gasteiger partial charge in [-0.3, -0.25) is 0 Å². The van der Waals surface area contributed by atoms with E-state index in [2.05, 4.69) is 16.8 Å². The molecule has 1 fully saturated rings. The monoisotopic (exact) mass is 273 g/mol. The topological polar surface area (TPSA) is 42.2 Å². The summed E-state index contributed by atoms with van der Waals surface area (Å²) in [5.74, 6) is 1.52. The van der Waals surface area contributed by atoms with Crippen molar-refractivity contribution in [3.05, 3.63) is 22.3 Å². The van der Waals surface area contributed by atoms with Crippen LogP contribution in [0.2, 0.25) is 10.0 Å². The van der Waals surface area contributed by atoms with Gasteiger partial charge in [0.1, 0.15) is 5.82 Å². The Hall–Kier alpha value is -0.510. The molecule has 0 aliphatic carbocycles. The second-order valence-corrected chi connectivity index (χ2v) is 5.52. The molecule has 3 nitrogen and oxygen atoms in total. The maximum Gasteiger partial charge on any atom is 0.147 e. The third kappa shape index (κ3) is 2.84. The first-order valence-electron chi connectivity index (χ1n) is 5.89. The first-order chi connectivity index (χ1) is 8.11. The predicted octanol–water partition coefficient (Wildman–Crippen LogP) is 2.95. The zero-order valence-corrected chi connectivity index (χ0v) is 11.4. The molecule has 1 aromatic rings. The van der Waals surface area contributed by atoms with Crippen molar-refractivity contribution >= 4 is 29.0 Å². The summed E-state index contributed by atoms with van der Waals surface area (Å²) in [7, 11) is 0. The van der Waals surface area contributed by atoms with E-state index < -0.39 is 0 Å². The number of aromatic nitrogens is 1. The Morgan fingerprint density at radius 3 is 2.94 bits per heavy atom. The van der Waals surface area contributed by atoms with Gasteiger partial charge in [-0.15, -0.1) is 0 Å². The number of hydrogen-bond donors (Lipinski definition) is 1. The fourth-order valence-corrected chi connectivity index (χ4v) is 2.86. The number of anilines is 1. The van der Waals surface area contributed by atoms with Gasteiger partial charge in [0, 0.05) is 25.3 Å². The summed E-state index contributed by atoms with van der Waals surface area (Å²) in [4.78, 5) is 6.54. The lowest BCUT2D eigenvalue weighted by atomic mass is 9.92. The molecule has 0 saturated carbocycles. The van der Waals surface area contributed by atoms with Gasteiger partial charge < -0.3 is 10.6 Å². The first kappa shape index (κ1) is 12.9. The molecule has 2 N–H and O–H groups in total. The largest absolute Gasteiger partial charge is 0.351 e. The van der Waals surface area contributed by atoms with E-state index in [1.54, 1.807) is 12.3 Å². The van der Waals surface area contributed by atoms with Crippen LogP contribution in [-0.2, 0) is 0 Å². The standard InChI is InChI=1S/C12H17Cl2N3/c1-8-2-3-17(10(4-8)6-15)12-11(14)5-9(13)7-16-12/h5,7-8,10H,2-4,6,15H2,1H3. The minimum absolute atomic E-state index is 0.324. The number of halogens is 2. The van der Waals surface area contributed by atoms with Crippen LogP contribution in [0.1, 0.15) is 19.8 Å². The van der Waals surface area contributed by atoms with Gasteiger partial charge in [0.05, 0.1) is 10.0 Å². The van der Waals surface area contributed by atoms with Gasteiger partial charge in [-0.05, 0) is 24.8 Å². The lowest BCUT2D eigenvalue weighted by molar-refractivity contribution is 0.365. The van der Waals surface area contributed by atoms with Crippen molar-refractivity contribution in [1.29, 1.82) is 0 Å². The second-order valence-electron chi connectivity index (χ2n) is 4.67. The molecule has 2 rings (SSSR count). The molecule has 1 aliphatic heterocycles. The number of nitrogens with zero attached hydrogens (tertiary/aromatic N) is 2. The van der Waals surface area contributed by atoms with Crippen molar-refractivity contribution in [1.82, 2.24) is 4.98 Å². The van der Waals surface area contributed by atoms with Crippen molar-refractivity contribution < 1.29 is 0 Å². The molecular formula is C12H17Cl2N3. The third-order valence-corrected chi connectivity index (χ3v) is 3.80. The van der Waals surface area contributed by atoms with Gasteiger partial charge in [0.15, 0.2) is 0 Å². The highest BCUT2D eigenvalue weighted by atomic mass is 35.5. The van der Waals surface area contributed by atoms with E-state index in [1.165, 1.54) is 0 Å². The molecule has 0 radical (unpaired) electrons. The normalized spacial score (nSPS) is 25.1. The minimum Gasteiger partial charge on any atom is -0.351 e. The Kier molecular flexibility index (Phi) is 4.13. The zero-order valence-electron chi connectivity index (χ0n) is 9.87. The molecule has 1 aliphatic rings. The lowest BCUT2D eigenvalue weighted by Gasteiger charge is -2.39. The quantitative estimate of drug-likeness (QED) is 0.901. The molecule has 0 bridgehead atoms. The average molecular weight is 274 g/mol. The van der Waals surface area contributed by atoms with Crippen LogP contribution in [0, 0.1) is 5.92 Å². The Bertz CT molecular complexity index is 397. The van der Waals surface area contributed by atoms with Gasteiger partial charge in [0.2, 0.25) is 0 Å². The number of pyridine rings is 1. The molecule has 0 aromatic carbocycles. The van der Waals surface area contributed by atoms with E-state index in [4.69, 9.17) is 28.9 Å². The summed E-state index contributed by atoms with van der Waals surface area (Å²) < 4.78 is 0. The molecule has 94 valence electrons.